The quantitative estimate of drug-likeness (QED) is 0.265. The van der Waals surface area contributed by atoms with Crippen molar-refractivity contribution < 1.29 is 26.5 Å². The summed E-state index contributed by atoms with van der Waals surface area (Å²) in [4.78, 5) is -0.758. The highest BCUT2D eigenvalue weighted by Gasteiger charge is 2.54. The maximum atomic E-state index is 13.4. The van der Waals surface area contributed by atoms with Crippen LogP contribution in [-0.4, -0.2) is 37.3 Å². The standard InChI is InChI=1S/C8H13F5N2S/c1-5(16)6(8(11,12)13)7(9,10)4-15(2,3)14/h4,14H2,1-3H3/p+1/b6-5-. The molecule has 0 atom stereocenters. The molecule has 0 radical (unpaired) electrons. The van der Waals surface area contributed by atoms with Crippen LogP contribution in [0.15, 0.2) is 10.5 Å². The Morgan fingerprint density at radius 3 is 1.75 bits per heavy atom. The topological polar surface area (TPSA) is 26.0 Å². The van der Waals surface area contributed by atoms with Crippen LogP contribution in [0.3, 0.4) is 0 Å². The first kappa shape index (κ1) is 15.7. The number of nitrogens with zero attached hydrogens (tertiary/aromatic N) is 1. The van der Waals surface area contributed by atoms with Crippen molar-refractivity contribution in [3.05, 3.63) is 10.5 Å². The number of allylic oxidation sites excluding steroid dienone is 1. The zero-order valence-electron chi connectivity index (χ0n) is 9.07. The van der Waals surface area contributed by atoms with Crippen molar-refractivity contribution >= 4 is 12.6 Å². The zero-order valence-corrected chi connectivity index (χ0v) is 9.96. The van der Waals surface area contributed by atoms with Crippen molar-refractivity contribution in [2.75, 3.05) is 20.6 Å². The number of nitrogens with two attached hydrogens (primary N) is 1. The van der Waals surface area contributed by atoms with Crippen LogP contribution in [0.1, 0.15) is 6.92 Å². The molecule has 0 aliphatic carbocycles. The first-order valence-electron chi connectivity index (χ1n) is 4.24. The van der Waals surface area contributed by atoms with E-state index in [4.69, 9.17) is 5.84 Å². The summed E-state index contributed by atoms with van der Waals surface area (Å²) in [5.41, 5.74) is -1.94. The van der Waals surface area contributed by atoms with Crippen molar-refractivity contribution in [1.29, 1.82) is 0 Å². The van der Waals surface area contributed by atoms with Crippen LogP contribution >= 0.6 is 12.6 Å². The molecule has 0 aliphatic rings. The Bertz CT molecular complexity index is 286. The molecule has 2 nitrogen and oxygen atoms in total. The Hall–Kier alpha value is -0.340. The molecule has 0 fully saturated rings. The highest BCUT2D eigenvalue weighted by Crippen LogP contribution is 2.41. The van der Waals surface area contributed by atoms with E-state index in [1.807, 2.05) is 0 Å². The van der Waals surface area contributed by atoms with Gasteiger partial charge in [-0.15, -0.1) is 12.6 Å². The normalized spacial score (nSPS) is 16.1. The van der Waals surface area contributed by atoms with Gasteiger partial charge < -0.3 is 0 Å². The molecule has 16 heavy (non-hydrogen) atoms. The number of thiol groups is 1. The van der Waals surface area contributed by atoms with Gasteiger partial charge in [0.05, 0.1) is 14.1 Å². The third-order valence-corrected chi connectivity index (χ3v) is 1.84. The van der Waals surface area contributed by atoms with Gasteiger partial charge in [0.25, 0.3) is 0 Å². The fourth-order valence-electron chi connectivity index (χ4n) is 1.27. The molecular weight excluding hydrogens is 251 g/mol. The van der Waals surface area contributed by atoms with E-state index in [2.05, 4.69) is 12.6 Å². The van der Waals surface area contributed by atoms with Crippen molar-refractivity contribution in [3.63, 3.8) is 0 Å². The van der Waals surface area contributed by atoms with Gasteiger partial charge in [0.2, 0.25) is 0 Å². The van der Waals surface area contributed by atoms with E-state index in [0.717, 1.165) is 6.92 Å². The van der Waals surface area contributed by atoms with E-state index in [0.29, 0.717) is 0 Å². The summed E-state index contributed by atoms with van der Waals surface area (Å²) in [5.74, 6) is 1.18. The summed E-state index contributed by atoms with van der Waals surface area (Å²) in [5, 5.41) is 0. The first-order valence-corrected chi connectivity index (χ1v) is 4.69. The molecule has 0 saturated heterocycles. The van der Waals surface area contributed by atoms with Crippen molar-refractivity contribution in [2.45, 2.75) is 19.0 Å². The van der Waals surface area contributed by atoms with E-state index >= 15 is 0 Å². The first-order chi connectivity index (χ1) is 6.77. The maximum Gasteiger partial charge on any atom is 0.419 e. The van der Waals surface area contributed by atoms with Crippen LogP contribution in [0.4, 0.5) is 22.0 Å². The molecule has 0 heterocycles. The fourth-order valence-corrected chi connectivity index (χ4v) is 1.56. The molecule has 0 aromatic carbocycles. The number of hydrogen-bond donors (Lipinski definition) is 2. The maximum absolute atomic E-state index is 13.4. The van der Waals surface area contributed by atoms with Gasteiger partial charge in [0.15, 0.2) is 6.54 Å². The lowest BCUT2D eigenvalue weighted by atomic mass is 10.1. The average Bonchev–Trinajstić information content (AvgIpc) is 1.70. The molecule has 0 aromatic rings. The minimum Gasteiger partial charge on any atom is -0.248 e. The van der Waals surface area contributed by atoms with Crippen molar-refractivity contribution in [2.24, 2.45) is 5.84 Å². The van der Waals surface area contributed by atoms with Gasteiger partial charge in [-0.05, 0) is 11.8 Å². The molecule has 0 aliphatic heterocycles. The lowest BCUT2D eigenvalue weighted by Gasteiger charge is -2.30. The SMILES string of the molecule is C/C(S)=C(/C(F)(F)F)C(F)(F)C[N+](C)(C)N. The highest BCUT2D eigenvalue weighted by atomic mass is 32.1. The minimum atomic E-state index is -5.12. The predicted molar refractivity (Wildman–Crippen MR) is 53.9 cm³/mol. The molecule has 0 unspecified atom stereocenters. The smallest absolute Gasteiger partial charge is 0.248 e. The monoisotopic (exact) mass is 265 g/mol. The van der Waals surface area contributed by atoms with Crippen LogP contribution in [0, 0.1) is 0 Å². The largest absolute Gasteiger partial charge is 0.419 e. The Morgan fingerprint density at radius 1 is 1.19 bits per heavy atom. The van der Waals surface area contributed by atoms with E-state index in [-0.39, 0.29) is 0 Å². The molecule has 0 amide bonds. The molecule has 0 bridgehead atoms. The molecule has 0 spiro atoms. The predicted octanol–water partition coefficient (Wildman–Crippen LogP) is 2.34. The molecule has 0 rings (SSSR count). The lowest BCUT2D eigenvalue weighted by molar-refractivity contribution is -0.908. The number of quaternary nitrogens is 1. The number of halogens is 5. The third kappa shape index (κ3) is 4.67. The molecule has 96 valence electrons. The van der Waals surface area contributed by atoms with Crippen molar-refractivity contribution in [3.8, 4) is 0 Å². The van der Waals surface area contributed by atoms with E-state index in [1.165, 1.54) is 14.1 Å². The molecule has 8 heteroatoms. The minimum absolute atomic E-state index is 0.758. The van der Waals surface area contributed by atoms with Gasteiger partial charge in [-0.1, -0.05) is 0 Å². The van der Waals surface area contributed by atoms with Gasteiger partial charge in [0.1, 0.15) is 5.57 Å². The number of alkyl halides is 5. The van der Waals surface area contributed by atoms with Gasteiger partial charge in [-0.3, -0.25) is 0 Å². The summed E-state index contributed by atoms with van der Waals surface area (Å²) in [6.45, 7) is -0.282. The van der Waals surface area contributed by atoms with E-state index in [9.17, 15) is 22.0 Å². The second-order valence-corrected chi connectivity index (χ2v) is 4.77. The van der Waals surface area contributed by atoms with Crippen LogP contribution in [0.5, 0.6) is 0 Å². The molecule has 0 saturated carbocycles. The van der Waals surface area contributed by atoms with Crippen molar-refractivity contribution in [1.82, 2.24) is 0 Å². The van der Waals surface area contributed by atoms with Gasteiger partial charge >= 0.3 is 12.1 Å². The molecule has 0 aromatic heterocycles. The Balaban J connectivity index is 5.34. The second kappa shape index (κ2) is 4.50. The van der Waals surface area contributed by atoms with E-state index < -0.39 is 33.7 Å². The Labute approximate surface area is 95.9 Å². The van der Waals surface area contributed by atoms with Crippen LogP contribution in [-0.2, 0) is 0 Å². The van der Waals surface area contributed by atoms with Crippen LogP contribution in [0.2, 0.25) is 0 Å². The molecular formula is C8H14F5N2S+. The van der Waals surface area contributed by atoms with Gasteiger partial charge in [-0.2, -0.15) is 27.8 Å². The highest BCUT2D eigenvalue weighted by molar-refractivity contribution is 7.84. The van der Waals surface area contributed by atoms with E-state index in [1.54, 1.807) is 0 Å². The number of rotatable bonds is 3. The van der Waals surface area contributed by atoms with Gasteiger partial charge in [0, 0.05) is 0 Å². The average molecular weight is 265 g/mol. The van der Waals surface area contributed by atoms with Crippen LogP contribution < -0.4 is 5.84 Å². The lowest BCUT2D eigenvalue weighted by Crippen LogP contribution is -2.55. The second-order valence-electron chi connectivity index (χ2n) is 4.10. The van der Waals surface area contributed by atoms with Crippen LogP contribution in [0.25, 0.3) is 0 Å². The summed E-state index contributed by atoms with van der Waals surface area (Å²) in [6, 6.07) is 0. The summed E-state index contributed by atoms with van der Waals surface area (Å²) in [7, 11) is 2.35. The Kier molecular flexibility index (Phi) is 4.40. The summed E-state index contributed by atoms with van der Waals surface area (Å²) >= 11 is 3.36. The van der Waals surface area contributed by atoms with Gasteiger partial charge in [-0.25, -0.2) is 4.59 Å². The fraction of sp³-hybridized carbons (Fsp3) is 0.750. The summed E-state index contributed by atoms with van der Waals surface area (Å²) < 4.78 is 63.3. The molecule has 2 N–H and O–H groups in total. The third-order valence-electron chi connectivity index (χ3n) is 1.62. The zero-order chi connectivity index (χ0) is 13.4. The Morgan fingerprint density at radius 2 is 1.56 bits per heavy atom. The summed E-state index contributed by atoms with van der Waals surface area (Å²) in [6.07, 6.45) is -5.12. The number of hydrogen-bond acceptors (Lipinski definition) is 2.